The van der Waals surface area contributed by atoms with E-state index in [1.165, 1.54) is 7.11 Å². The summed E-state index contributed by atoms with van der Waals surface area (Å²) in [6, 6.07) is 10.4. The van der Waals surface area contributed by atoms with Crippen LogP contribution in [0.15, 0.2) is 36.4 Å². The number of nitrogen functional groups attached to an aromatic ring is 1. The van der Waals surface area contributed by atoms with Crippen LogP contribution in [0.4, 0.5) is 5.69 Å². The Morgan fingerprint density at radius 1 is 1.05 bits per heavy atom. The molecule has 0 unspecified atom stereocenters. The second-order valence-electron chi connectivity index (χ2n) is 3.92. The molecule has 0 atom stereocenters. The molecule has 0 aliphatic rings. The number of nitrogens with two attached hydrogens (primary N) is 1. The second-order valence-corrected chi connectivity index (χ2v) is 4.74. The van der Waals surface area contributed by atoms with Gasteiger partial charge in [-0.2, -0.15) is 0 Å². The number of hydrogen-bond acceptors (Lipinski definition) is 3. The maximum atomic E-state index is 11.4. The topological polar surface area (TPSA) is 52.3 Å². The van der Waals surface area contributed by atoms with E-state index >= 15 is 0 Å². The zero-order valence-electron chi connectivity index (χ0n) is 10.1. The third-order valence-corrected chi connectivity index (χ3v) is 3.45. The van der Waals surface area contributed by atoms with Crippen LogP contribution in [0.25, 0.3) is 11.1 Å². The van der Waals surface area contributed by atoms with Crippen LogP contribution in [-0.2, 0) is 4.74 Å². The van der Waals surface area contributed by atoms with Crippen molar-refractivity contribution >= 4 is 34.9 Å². The summed E-state index contributed by atoms with van der Waals surface area (Å²) in [5, 5.41) is 0.958. The summed E-state index contributed by atoms with van der Waals surface area (Å²) in [6.45, 7) is 0. The van der Waals surface area contributed by atoms with Crippen molar-refractivity contribution in [3.05, 3.63) is 52.0 Å². The molecule has 0 saturated heterocycles. The fourth-order valence-electron chi connectivity index (χ4n) is 1.71. The average molecular weight is 296 g/mol. The molecule has 19 heavy (non-hydrogen) atoms. The first-order chi connectivity index (χ1) is 9.02. The fourth-order valence-corrected chi connectivity index (χ4v) is 2.01. The fraction of sp³-hybridized carbons (Fsp3) is 0.0714. The molecule has 0 radical (unpaired) electrons. The third kappa shape index (κ3) is 2.83. The summed E-state index contributed by atoms with van der Waals surface area (Å²) in [5.74, 6) is -0.460. The summed E-state index contributed by atoms with van der Waals surface area (Å²) in [4.78, 5) is 11.4. The van der Waals surface area contributed by atoms with Gasteiger partial charge in [0.15, 0.2) is 0 Å². The van der Waals surface area contributed by atoms with Crippen molar-refractivity contribution < 1.29 is 9.53 Å². The van der Waals surface area contributed by atoms with Gasteiger partial charge in [-0.05, 0) is 35.4 Å². The van der Waals surface area contributed by atoms with E-state index in [0.717, 1.165) is 11.1 Å². The molecular formula is C14H11Cl2NO2. The zero-order chi connectivity index (χ0) is 14.0. The van der Waals surface area contributed by atoms with E-state index in [4.69, 9.17) is 28.9 Å². The Labute approximate surface area is 120 Å². The minimum Gasteiger partial charge on any atom is -0.465 e. The van der Waals surface area contributed by atoms with E-state index < -0.39 is 5.97 Å². The first kappa shape index (κ1) is 13.7. The summed E-state index contributed by atoms with van der Waals surface area (Å²) >= 11 is 11.8. The first-order valence-electron chi connectivity index (χ1n) is 5.46. The highest BCUT2D eigenvalue weighted by Gasteiger charge is 2.11. The van der Waals surface area contributed by atoms with Gasteiger partial charge >= 0.3 is 5.97 Å². The summed E-state index contributed by atoms with van der Waals surface area (Å²) in [5.41, 5.74) is 8.26. The minimum atomic E-state index is -0.460. The summed E-state index contributed by atoms with van der Waals surface area (Å²) < 4.78 is 4.64. The molecule has 0 heterocycles. The number of rotatable bonds is 2. The lowest BCUT2D eigenvalue weighted by molar-refractivity contribution is 0.0602. The predicted octanol–water partition coefficient (Wildman–Crippen LogP) is 4.03. The smallest absolute Gasteiger partial charge is 0.339 e. The Bertz CT molecular complexity index is 641. The zero-order valence-corrected chi connectivity index (χ0v) is 11.6. The van der Waals surface area contributed by atoms with E-state index in [1.54, 1.807) is 30.3 Å². The molecule has 2 aromatic rings. The molecular weight excluding hydrogens is 285 g/mol. The van der Waals surface area contributed by atoms with Gasteiger partial charge in [-0.1, -0.05) is 35.3 Å². The number of carbonyl (C=O) groups is 1. The normalized spacial score (nSPS) is 10.3. The maximum absolute atomic E-state index is 11.4. The highest BCUT2D eigenvalue weighted by atomic mass is 35.5. The lowest BCUT2D eigenvalue weighted by Crippen LogP contribution is -2.05. The van der Waals surface area contributed by atoms with Gasteiger partial charge in [0.2, 0.25) is 0 Å². The Balaban J connectivity index is 2.44. The summed E-state index contributed by atoms with van der Waals surface area (Å²) in [7, 11) is 1.31. The number of benzene rings is 2. The van der Waals surface area contributed by atoms with Crippen molar-refractivity contribution in [3.8, 4) is 11.1 Å². The Kier molecular flexibility index (Phi) is 3.98. The van der Waals surface area contributed by atoms with Crippen molar-refractivity contribution in [1.29, 1.82) is 0 Å². The van der Waals surface area contributed by atoms with Crippen LogP contribution in [0.5, 0.6) is 0 Å². The minimum absolute atomic E-state index is 0.339. The average Bonchev–Trinajstić information content (AvgIpc) is 2.41. The van der Waals surface area contributed by atoms with E-state index in [2.05, 4.69) is 4.74 Å². The standard InChI is InChI=1S/C14H11Cl2NO2/c1-19-14(18)10-4-2-9(7-13(10)17)8-3-5-11(15)12(16)6-8/h2-7H,17H2,1H3. The number of halogens is 2. The molecule has 0 aliphatic carbocycles. The molecule has 0 saturated carbocycles. The number of esters is 1. The van der Waals surface area contributed by atoms with E-state index in [1.807, 2.05) is 6.07 Å². The molecule has 0 aromatic heterocycles. The molecule has 98 valence electrons. The predicted molar refractivity (Wildman–Crippen MR) is 77.6 cm³/mol. The van der Waals surface area contributed by atoms with Gasteiger partial charge in [-0.25, -0.2) is 4.79 Å². The van der Waals surface area contributed by atoms with Crippen LogP contribution >= 0.6 is 23.2 Å². The Morgan fingerprint density at radius 3 is 2.26 bits per heavy atom. The van der Waals surface area contributed by atoms with Crippen LogP contribution in [0, 0.1) is 0 Å². The van der Waals surface area contributed by atoms with Crippen LogP contribution in [-0.4, -0.2) is 13.1 Å². The van der Waals surface area contributed by atoms with Crippen molar-refractivity contribution in [2.75, 3.05) is 12.8 Å². The lowest BCUT2D eigenvalue weighted by atomic mass is 10.0. The molecule has 2 rings (SSSR count). The molecule has 2 N–H and O–H groups in total. The maximum Gasteiger partial charge on any atom is 0.339 e. The van der Waals surface area contributed by atoms with E-state index in [-0.39, 0.29) is 0 Å². The molecule has 0 bridgehead atoms. The van der Waals surface area contributed by atoms with Crippen LogP contribution < -0.4 is 5.73 Å². The molecule has 3 nitrogen and oxygen atoms in total. The van der Waals surface area contributed by atoms with Gasteiger partial charge in [0.1, 0.15) is 0 Å². The van der Waals surface area contributed by atoms with Crippen molar-refractivity contribution in [2.45, 2.75) is 0 Å². The third-order valence-electron chi connectivity index (χ3n) is 2.71. The van der Waals surface area contributed by atoms with Gasteiger partial charge in [0.25, 0.3) is 0 Å². The molecule has 0 spiro atoms. The van der Waals surface area contributed by atoms with Crippen molar-refractivity contribution in [2.24, 2.45) is 0 Å². The molecule has 5 heteroatoms. The number of ether oxygens (including phenoxy) is 1. The first-order valence-corrected chi connectivity index (χ1v) is 6.22. The van der Waals surface area contributed by atoms with E-state index in [0.29, 0.717) is 21.3 Å². The van der Waals surface area contributed by atoms with Gasteiger partial charge in [-0.15, -0.1) is 0 Å². The lowest BCUT2D eigenvalue weighted by Gasteiger charge is -2.08. The largest absolute Gasteiger partial charge is 0.465 e. The highest BCUT2D eigenvalue weighted by molar-refractivity contribution is 6.42. The number of methoxy groups -OCH3 is 1. The highest BCUT2D eigenvalue weighted by Crippen LogP contribution is 2.30. The van der Waals surface area contributed by atoms with Crippen molar-refractivity contribution in [3.63, 3.8) is 0 Å². The molecule has 0 fully saturated rings. The number of anilines is 1. The van der Waals surface area contributed by atoms with Gasteiger partial charge in [-0.3, -0.25) is 0 Å². The van der Waals surface area contributed by atoms with Gasteiger partial charge in [0, 0.05) is 5.69 Å². The van der Waals surface area contributed by atoms with Gasteiger partial charge in [0.05, 0.1) is 22.7 Å². The van der Waals surface area contributed by atoms with E-state index in [9.17, 15) is 4.79 Å². The molecule has 2 aromatic carbocycles. The monoisotopic (exact) mass is 295 g/mol. The van der Waals surface area contributed by atoms with Crippen LogP contribution in [0.2, 0.25) is 10.0 Å². The number of hydrogen-bond donors (Lipinski definition) is 1. The van der Waals surface area contributed by atoms with Crippen LogP contribution in [0.1, 0.15) is 10.4 Å². The Morgan fingerprint density at radius 2 is 1.68 bits per heavy atom. The van der Waals surface area contributed by atoms with Gasteiger partial charge < -0.3 is 10.5 Å². The summed E-state index contributed by atoms with van der Waals surface area (Å²) in [6.07, 6.45) is 0. The molecule has 0 aliphatic heterocycles. The second kappa shape index (κ2) is 5.51. The number of carbonyl (C=O) groups excluding carboxylic acids is 1. The SMILES string of the molecule is COC(=O)c1ccc(-c2ccc(Cl)c(Cl)c2)cc1N. The Hall–Kier alpha value is -1.71. The quantitative estimate of drug-likeness (QED) is 0.672. The van der Waals surface area contributed by atoms with Crippen molar-refractivity contribution in [1.82, 2.24) is 0 Å². The van der Waals surface area contributed by atoms with Crippen LogP contribution in [0.3, 0.4) is 0 Å². The molecule has 0 amide bonds.